The van der Waals surface area contributed by atoms with Gasteiger partial charge in [0.05, 0.1) is 5.92 Å². The molecule has 1 amide bonds. The predicted octanol–water partition coefficient (Wildman–Crippen LogP) is 4.07. The fourth-order valence-corrected chi connectivity index (χ4v) is 3.55. The fraction of sp³-hybridized carbons (Fsp3) is 0.588. The number of hydrogen-bond acceptors (Lipinski definition) is 2. The Morgan fingerprint density at radius 3 is 2.68 bits per heavy atom. The van der Waals surface area contributed by atoms with Crippen molar-refractivity contribution in [2.45, 2.75) is 33.2 Å². The molecule has 1 aromatic carbocycles. The Morgan fingerprint density at radius 2 is 2.05 bits per heavy atom. The number of piperidine rings is 1. The molecule has 22 heavy (non-hydrogen) atoms. The van der Waals surface area contributed by atoms with E-state index in [1.165, 1.54) is 0 Å². The van der Waals surface area contributed by atoms with E-state index in [0.717, 1.165) is 51.1 Å². The van der Waals surface area contributed by atoms with E-state index in [-0.39, 0.29) is 11.8 Å². The maximum Gasteiger partial charge on any atom is 0.226 e. The van der Waals surface area contributed by atoms with Crippen molar-refractivity contribution in [2.75, 3.05) is 26.2 Å². The lowest BCUT2D eigenvalue weighted by Gasteiger charge is -2.34. The van der Waals surface area contributed by atoms with Crippen LogP contribution in [0.1, 0.15) is 32.3 Å². The number of hydrogen-bond donors (Lipinski definition) is 0. The standard InChI is InChI=1S/C17H24Cl2N2O/c1-3-21(4-2)17(22)14-6-5-9-20(12-14)11-13-7-8-15(18)10-16(13)19/h7-8,10,14H,3-6,9,11-12H2,1-2H3/t14-/m1/s1. The lowest BCUT2D eigenvalue weighted by molar-refractivity contribution is -0.137. The summed E-state index contributed by atoms with van der Waals surface area (Å²) in [6.07, 6.45) is 2.04. The van der Waals surface area contributed by atoms with E-state index in [1.807, 2.05) is 30.9 Å². The predicted molar refractivity (Wildman–Crippen MR) is 92.4 cm³/mol. The maximum atomic E-state index is 12.5. The van der Waals surface area contributed by atoms with Crippen molar-refractivity contribution in [3.63, 3.8) is 0 Å². The first-order valence-corrected chi connectivity index (χ1v) is 8.75. The van der Waals surface area contributed by atoms with Crippen LogP contribution in [-0.2, 0) is 11.3 Å². The number of nitrogens with zero attached hydrogens (tertiary/aromatic N) is 2. The van der Waals surface area contributed by atoms with Crippen molar-refractivity contribution in [3.8, 4) is 0 Å². The molecule has 2 rings (SSSR count). The third-order valence-electron chi connectivity index (χ3n) is 4.34. The van der Waals surface area contributed by atoms with Gasteiger partial charge in [-0.1, -0.05) is 29.3 Å². The van der Waals surface area contributed by atoms with Crippen LogP contribution in [-0.4, -0.2) is 41.9 Å². The van der Waals surface area contributed by atoms with Gasteiger partial charge in [0.1, 0.15) is 0 Å². The monoisotopic (exact) mass is 342 g/mol. The van der Waals surface area contributed by atoms with Crippen LogP contribution in [0, 0.1) is 5.92 Å². The van der Waals surface area contributed by atoms with Crippen LogP contribution in [0.4, 0.5) is 0 Å². The van der Waals surface area contributed by atoms with Gasteiger partial charge >= 0.3 is 0 Å². The van der Waals surface area contributed by atoms with Gasteiger partial charge in [-0.25, -0.2) is 0 Å². The molecule has 0 aliphatic carbocycles. The zero-order chi connectivity index (χ0) is 16.1. The van der Waals surface area contributed by atoms with Crippen LogP contribution in [0.25, 0.3) is 0 Å². The van der Waals surface area contributed by atoms with E-state index in [9.17, 15) is 4.79 Å². The molecule has 0 N–H and O–H groups in total. The maximum absolute atomic E-state index is 12.5. The first-order chi connectivity index (χ1) is 10.5. The lowest BCUT2D eigenvalue weighted by Crippen LogP contribution is -2.44. The van der Waals surface area contributed by atoms with Crippen molar-refractivity contribution < 1.29 is 4.79 Å². The van der Waals surface area contributed by atoms with Gasteiger partial charge in [0.15, 0.2) is 0 Å². The molecule has 1 saturated heterocycles. The van der Waals surface area contributed by atoms with Gasteiger partial charge in [-0.3, -0.25) is 9.69 Å². The second-order valence-corrected chi connectivity index (χ2v) is 6.66. The molecule has 1 aliphatic rings. The number of carbonyl (C=O) groups excluding carboxylic acids is 1. The van der Waals surface area contributed by atoms with Crippen molar-refractivity contribution in [3.05, 3.63) is 33.8 Å². The number of rotatable bonds is 5. The average molecular weight is 343 g/mol. The van der Waals surface area contributed by atoms with E-state index in [2.05, 4.69) is 4.90 Å². The summed E-state index contributed by atoms with van der Waals surface area (Å²) in [6.45, 7) is 8.25. The Labute approximate surface area is 143 Å². The van der Waals surface area contributed by atoms with Gasteiger partial charge in [-0.05, 0) is 50.9 Å². The zero-order valence-electron chi connectivity index (χ0n) is 13.3. The van der Waals surface area contributed by atoms with E-state index < -0.39 is 0 Å². The summed E-state index contributed by atoms with van der Waals surface area (Å²) in [6, 6.07) is 5.62. The molecule has 0 spiro atoms. The first-order valence-electron chi connectivity index (χ1n) is 8.00. The molecule has 0 aromatic heterocycles. The summed E-state index contributed by atoms with van der Waals surface area (Å²) < 4.78 is 0. The van der Waals surface area contributed by atoms with E-state index in [0.29, 0.717) is 10.0 Å². The Balaban J connectivity index is 2.00. The molecule has 1 aliphatic heterocycles. The zero-order valence-corrected chi connectivity index (χ0v) is 14.8. The summed E-state index contributed by atoms with van der Waals surface area (Å²) in [5.41, 5.74) is 1.07. The second-order valence-electron chi connectivity index (χ2n) is 5.82. The minimum absolute atomic E-state index is 0.111. The van der Waals surface area contributed by atoms with Gasteiger partial charge in [0, 0.05) is 36.2 Å². The first kappa shape index (κ1) is 17.6. The van der Waals surface area contributed by atoms with Gasteiger partial charge in [-0.15, -0.1) is 0 Å². The fourth-order valence-electron chi connectivity index (χ4n) is 3.09. The van der Waals surface area contributed by atoms with Crippen molar-refractivity contribution in [2.24, 2.45) is 5.92 Å². The number of halogens is 2. The largest absolute Gasteiger partial charge is 0.343 e. The van der Waals surface area contributed by atoms with Crippen LogP contribution in [0.2, 0.25) is 10.0 Å². The van der Waals surface area contributed by atoms with Crippen LogP contribution in [0.15, 0.2) is 18.2 Å². The highest BCUT2D eigenvalue weighted by atomic mass is 35.5. The molecule has 3 nitrogen and oxygen atoms in total. The number of benzene rings is 1. The van der Waals surface area contributed by atoms with Crippen LogP contribution < -0.4 is 0 Å². The number of carbonyl (C=O) groups is 1. The van der Waals surface area contributed by atoms with Gasteiger partial charge in [-0.2, -0.15) is 0 Å². The van der Waals surface area contributed by atoms with Crippen LogP contribution in [0.3, 0.4) is 0 Å². The summed E-state index contributed by atoms with van der Waals surface area (Å²) >= 11 is 12.2. The summed E-state index contributed by atoms with van der Waals surface area (Å²) in [4.78, 5) is 16.8. The Bertz CT molecular complexity index is 517. The molecule has 0 bridgehead atoms. The molecular formula is C17H24Cl2N2O. The molecule has 0 radical (unpaired) electrons. The molecule has 5 heteroatoms. The molecule has 1 fully saturated rings. The third kappa shape index (κ3) is 4.37. The minimum Gasteiger partial charge on any atom is -0.343 e. The Kier molecular flexibility index (Phi) is 6.54. The third-order valence-corrected chi connectivity index (χ3v) is 4.93. The quantitative estimate of drug-likeness (QED) is 0.804. The molecular weight excluding hydrogens is 319 g/mol. The second kappa shape index (κ2) is 8.19. The van der Waals surface area contributed by atoms with E-state index >= 15 is 0 Å². The van der Waals surface area contributed by atoms with E-state index in [1.54, 1.807) is 6.07 Å². The van der Waals surface area contributed by atoms with Crippen molar-refractivity contribution in [1.82, 2.24) is 9.80 Å². The molecule has 1 heterocycles. The summed E-state index contributed by atoms with van der Waals surface area (Å²) in [5.74, 6) is 0.400. The Morgan fingerprint density at radius 1 is 1.32 bits per heavy atom. The van der Waals surface area contributed by atoms with Crippen LogP contribution in [0.5, 0.6) is 0 Å². The molecule has 122 valence electrons. The molecule has 1 aromatic rings. The van der Waals surface area contributed by atoms with Gasteiger partial charge < -0.3 is 4.90 Å². The van der Waals surface area contributed by atoms with Gasteiger partial charge in [0.25, 0.3) is 0 Å². The highest BCUT2D eigenvalue weighted by Gasteiger charge is 2.28. The number of likely N-dealkylation sites (tertiary alicyclic amines) is 1. The van der Waals surface area contributed by atoms with Gasteiger partial charge in [0.2, 0.25) is 5.91 Å². The summed E-state index contributed by atoms with van der Waals surface area (Å²) in [7, 11) is 0. The SMILES string of the molecule is CCN(CC)C(=O)[C@@H]1CCCN(Cc2ccc(Cl)cc2Cl)C1. The molecule has 0 unspecified atom stereocenters. The lowest BCUT2D eigenvalue weighted by atomic mass is 9.96. The van der Waals surface area contributed by atoms with Crippen LogP contribution >= 0.6 is 23.2 Å². The topological polar surface area (TPSA) is 23.6 Å². The van der Waals surface area contributed by atoms with E-state index in [4.69, 9.17) is 23.2 Å². The normalized spacial score (nSPS) is 19.2. The summed E-state index contributed by atoms with van der Waals surface area (Å²) in [5, 5.41) is 1.35. The molecule has 0 saturated carbocycles. The minimum atomic E-state index is 0.111. The highest BCUT2D eigenvalue weighted by molar-refractivity contribution is 6.35. The Hall–Kier alpha value is -0.770. The number of amides is 1. The van der Waals surface area contributed by atoms with Crippen molar-refractivity contribution >= 4 is 29.1 Å². The smallest absolute Gasteiger partial charge is 0.226 e. The van der Waals surface area contributed by atoms with Crippen molar-refractivity contribution in [1.29, 1.82) is 0 Å². The average Bonchev–Trinajstić information content (AvgIpc) is 2.51. The highest BCUT2D eigenvalue weighted by Crippen LogP contribution is 2.25. The molecule has 1 atom stereocenters.